The van der Waals surface area contributed by atoms with Crippen LogP contribution < -0.4 is 4.74 Å². The van der Waals surface area contributed by atoms with Crippen LogP contribution in [0.2, 0.25) is 5.02 Å². The van der Waals surface area contributed by atoms with Crippen LogP contribution in [0, 0.1) is 0 Å². The van der Waals surface area contributed by atoms with Crippen molar-refractivity contribution in [3.05, 3.63) is 53.1 Å². The number of aromatic nitrogens is 2. The van der Waals surface area contributed by atoms with Gasteiger partial charge in [-0.3, -0.25) is 0 Å². The van der Waals surface area contributed by atoms with Crippen molar-refractivity contribution in [3.8, 4) is 28.6 Å². The van der Waals surface area contributed by atoms with E-state index in [4.69, 9.17) is 25.6 Å². The van der Waals surface area contributed by atoms with Crippen molar-refractivity contribution in [2.75, 3.05) is 13.7 Å². The first-order valence-electron chi connectivity index (χ1n) is 8.31. The number of rotatable bonds is 8. The fourth-order valence-electron chi connectivity index (χ4n) is 2.47. The number of methoxy groups -OCH3 is 1. The van der Waals surface area contributed by atoms with Crippen molar-refractivity contribution in [2.45, 2.75) is 19.0 Å². The number of alkyl halides is 4. The summed E-state index contributed by atoms with van der Waals surface area (Å²) in [6.45, 7) is -1.66. The molecule has 3 aromatic rings. The molecule has 1 aromatic heterocycles. The molecular weight excluding hydrogens is 416 g/mol. The van der Waals surface area contributed by atoms with Gasteiger partial charge in [-0.2, -0.15) is 13.8 Å². The topological polar surface area (TPSA) is 57.4 Å². The highest BCUT2D eigenvalue weighted by Crippen LogP contribution is 2.32. The first-order valence-corrected chi connectivity index (χ1v) is 8.68. The molecule has 0 N–H and O–H groups in total. The molecule has 0 aliphatic carbocycles. The van der Waals surface area contributed by atoms with Crippen LogP contribution in [0.15, 0.2) is 47.0 Å². The maximum absolute atomic E-state index is 12.9. The van der Waals surface area contributed by atoms with Gasteiger partial charge in [0.2, 0.25) is 5.82 Å². The van der Waals surface area contributed by atoms with Gasteiger partial charge < -0.3 is 14.0 Å². The van der Waals surface area contributed by atoms with E-state index in [0.29, 0.717) is 27.5 Å². The molecule has 0 atom stereocenters. The third kappa shape index (κ3) is 5.04. The summed E-state index contributed by atoms with van der Waals surface area (Å²) in [7, 11) is 1.49. The molecular formula is C19H15ClF4N2O3. The van der Waals surface area contributed by atoms with Gasteiger partial charge >= 0.3 is 12.3 Å². The fraction of sp³-hybridized carbons (Fsp3) is 0.263. The smallest absolute Gasteiger partial charge is 0.330 e. The minimum atomic E-state index is -4.20. The zero-order chi connectivity index (χ0) is 21.0. The van der Waals surface area contributed by atoms with Crippen molar-refractivity contribution in [3.63, 3.8) is 0 Å². The van der Waals surface area contributed by atoms with Crippen LogP contribution in [0.25, 0.3) is 22.8 Å². The van der Waals surface area contributed by atoms with Gasteiger partial charge in [0.25, 0.3) is 5.89 Å². The highest BCUT2D eigenvalue weighted by atomic mass is 35.5. The summed E-state index contributed by atoms with van der Waals surface area (Å²) < 4.78 is 65.4. The lowest BCUT2D eigenvalue weighted by molar-refractivity contribution is -0.168. The molecule has 0 fully saturated rings. The van der Waals surface area contributed by atoms with Crippen LogP contribution in [0.3, 0.4) is 0 Å². The lowest BCUT2D eigenvalue weighted by atomic mass is 10.1. The van der Waals surface area contributed by atoms with Crippen LogP contribution in [-0.4, -0.2) is 36.2 Å². The molecule has 0 saturated carbocycles. The molecule has 0 radical (unpaired) electrons. The first-order chi connectivity index (χ1) is 13.8. The van der Waals surface area contributed by atoms with E-state index in [1.165, 1.54) is 7.11 Å². The normalized spacial score (nSPS) is 11.8. The van der Waals surface area contributed by atoms with Crippen molar-refractivity contribution >= 4 is 11.6 Å². The second-order valence-corrected chi connectivity index (χ2v) is 6.46. The van der Waals surface area contributed by atoms with Gasteiger partial charge in [-0.25, -0.2) is 8.78 Å². The van der Waals surface area contributed by atoms with Crippen LogP contribution in [0.1, 0.15) is 5.56 Å². The molecule has 0 aliphatic rings. The van der Waals surface area contributed by atoms with Gasteiger partial charge in [0.1, 0.15) is 12.4 Å². The fourth-order valence-corrected chi connectivity index (χ4v) is 2.64. The monoisotopic (exact) mass is 430 g/mol. The minimum Gasteiger partial charge on any atom is -0.496 e. The van der Waals surface area contributed by atoms with Gasteiger partial charge in [-0.1, -0.05) is 28.9 Å². The standard InChI is InChI=1S/C19H15ClF4N2O3/c1-27-15-6-5-13(20)8-14(15)16-25-17(29-26-16)12-4-2-3-11(7-12)9-28-10-19(23,24)18(21)22/h2-8,18H,9-10H2,1H3. The van der Waals surface area contributed by atoms with Gasteiger partial charge in [-0.05, 0) is 35.9 Å². The van der Waals surface area contributed by atoms with Crippen molar-refractivity contribution in [2.24, 2.45) is 0 Å². The van der Waals surface area contributed by atoms with Gasteiger partial charge in [0.05, 0.1) is 19.3 Å². The van der Waals surface area contributed by atoms with Crippen LogP contribution in [0.4, 0.5) is 17.6 Å². The average molecular weight is 431 g/mol. The molecule has 29 heavy (non-hydrogen) atoms. The number of halogens is 5. The Hall–Kier alpha value is -2.65. The molecule has 0 saturated heterocycles. The number of hydrogen-bond donors (Lipinski definition) is 0. The Bertz CT molecular complexity index is 982. The van der Waals surface area contributed by atoms with Gasteiger partial charge in [-0.15, -0.1) is 0 Å². The summed E-state index contributed by atoms with van der Waals surface area (Å²) in [5.74, 6) is -3.28. The van der Waals surface area contributed by atoms with Crippen LogP contribution in [0.5, 0.6) is 5.75 Å². The second-order valence-electron chi connectivity index (χ2n) is 6.02. The molecule has 0 bridgehead atoms. The summed E-state index contributed by atoms with van der Waals surface area (Å²) >= 11 is 6.01. The molecule has 2 aromatic carbocycles. The number of hydrogen-bond acceptors (Lipinski definition) is 5. The molecule has 5 nitrogen and oxygen atoms in total. The molecule has 0 aliphatic heterocycles. The summed E-state index contributed by atoms with van der Waals surface area (Å²) in [6.07, 6.45) is -3.78. The van der Waals surface area contributed by atoms with E-state index in [0.717, 1.165) is 0 Å². The van der Waals surface area contributed by atoms with E-state index >= 15 is 0 Å². The first kappa shape index (κ1) is 21.1. The largest absolute Gasteiger partial charge is 0.496 e. The third-order valence-electron chi connectivity index (χ3n) is 3.88. The molecule has 1 heterocycles. The molecule has 0 spiro atoms. The number of nitrogens with zero attached hydrogens (tertiary/aromatic N) is 2. The Morgan fingerprint density at radius 1 is 1.17 bits per heavy atom. The maximum atomic E-state index is 12.9. The second kappa shape index (κ2) is 8.79. The van der Waals surface area contributed by atoms with Crippen molar-refractivity contribution in [1.82, 2.24) is 10.1 Å². The summed E-state index contributed by atoms with van der Waals surface area (Å²) in [4.78, 5) is 4.31. The highest BCUT2D eigenvalue weighted by molar-refractivity contribution is 6.30. The maximum Gasteiger partial charge on any atom is 0.330 e. The quantitative estimate of drug-likeness (QED) is 0.443. The molecule has 0 unspecified atom stereocenters. The van der Waals surface area contributed by atoms with E-state index < -0.39 is 19.0 Å². The minimum absolute atomic E-state index is 0.168. The summed E-state index contributed by atoms with van der Waals surface area (Å²) in [5, 5.41) is 4.38. The Kier molecular flexibility index (Phi) is 6.39. The predicted molar refractivity (Wildman–Crippen MR) is 97.3 cm³/mol. The molecule has 154 valence electrons. The van der Waals surface area contributed by atoms with Crippen LogP contribution >= 0.6 is 11.6 Å². The van der Waals surface area contributed by atoms with E-state index in [9.17, 15) is 17.6 Å². The lowest BCUT2D eigenvalue weighted by Gasteiger charge is -2.15. The Labute approximate surface area is 168 Å². The SMILES string of the molecule is COc1ccc(Cl)cc1-c1noc(-c2cccc(COCC(F)(F)C(F)F)c2)n1. The van der Waals surface area contributed by atoms with Crippen LogP contribution in [-0.2, 0) is 11.3 Å². The van der Waals surface area contributed by atoms with E-state index in [1.54, 1.807) is 42.5 Å². The van der Waals surface area contributed by atoms with E-state index in [1.807, 2.05) is 0 Å². The molecule has 3 rings (SSSR count). The number of benzene rings is 2. The third-order valence-corrected chi connectivity index (χ3v) is 4.12. The summed E-state index contributed by atoms with van der Waals surface area (Å²) in [5.41, 5.74) is 1.52. The zero-order valence-corrected chi connectivity index (χ0v) is 15.8. The average Bonchev–Trinajstić information content (AvgIpc) is 3.18. The summed E-state index contributed by atoms with van der Waals surface area (Å²) in [6, 6.07) is 11.4. The van der Waals surface area contributed by atoms with Crippen molar-refractivity contribution in [1.29, 1.82) is 0 Å². The molecule has 0 amide bonds. The number of ether oxygens (including phenoxy) is 2. The predicted octanol–water partition coefficient (Wildman–Crippen LogP) is 5.48. The van der Waals surface area contributed by atoms with E-state index in [-0.39, 0.29) is 18.3 Å². The van der Waals surface area contributed by atoms with Crippen molar-refractivity contribution < 1.29 is 31.6 Å². The highest BCUT2D eigenvalue weighted by Gasteiger charge is 2.40. The van der Waals surface area contributed by atoms with Gasteiger partial charge in [0.15, 0.2) is 0 Å². The van der Waals surface area contributed by atoms with Gasteiger partial charge in [0, 0.05) is 10.6 Å². The Morgan fingerprint density at radius 2 is 1.97 bits per heavy atom. The lowest BCUT2D eigenvalue weighted by Crippen LogP contribution is -2.32. The Balaban J connectivity index is 1.76. The molecule has 10 heteroatoms. The Morgan fingerprint density at radius 3 is 2.69 bits per heavy atom. The zero-order valence-electron chi connectivity index (χ0n) is 15.0. The van der Waals surface area contributed by atoms with E-state index in [2.05, 4.69) is 10.1 Å².